The Bertz CT molecular complexity index is 1050. The SMILES string of the molecule is CCn1c(SC(C)C(=O)Nc2ccc(C(F)(F)F)cc2)nnc1-c1ccccc1OC. The first-order chi connectivity index (χ1) is 14.7. The minimum absolute atomic E-state index is 0.289. The number of hydrogen-bond acceptors (Lipinski definition) is 5. The molecule has 0 aliphatic rings. The van der Waals surface area contributed by atoms with Gasteiger partial charge >= 0.3 is 6.18 Å². The maximum absolute atomic E-state index is 12.7. The molecule has 0 saturated carbocycles. The Kier molecular flexibility index (Phi) is 6.89. The van der Waals surface area contributed by atoms with Gasteiger partial charge < -0.3 is 14.6 Å². The summed E-state index contributed by atoms with van der Waals surface area (Å²) in [4.78, 5) is 12.5. The number of benzene rings is 2. The van der Waals surface area contributed by atoms with Crippen molar-refractivity contribution in [3.63, 3.8) is 0 Å². The molecule has 0 bridgehead atoms. The van der Waals surface area contributed by atoms with Crippen molar-refractivity contribution in [1.29, 1.82) is 0 Å². The van der Waals surface area contributed by atoms with Gasteiger partial charge in [-0.05, 0) is 50.2 Å². The third kappa shape index (κ3) is 5.19. The van der Waals surface area contributed by atoms with E-state index in [0.717, 1.165) is 17.7 Å². The molecule has 0 spiro atoms. The Balaban J connectivity index is 1.73. The zero-order chi connectivity index (χ0) is 22.6. The van der Waals surface area contributed by atoms with Crippen LogP contribution in [0, 0.1) is 0 Å². The lowest BCUT2D eigenvalue weighted by molar-refractivity contribution is -0.137. The summed E-state index contributed by atoms with van der Waals surface area (Å²) in [5, 5.41) is 11.1. The number of halogens is 3. The number of carbonyl (C=O) groups is 1. The Morgan fingerprint density at radius 1 is 1.16 bits per heavy atom. The van der Waals surface area contributed by atoms with Crippen molar-refractivity contribution in [1.82, 2.24) is 14.8 Å². The number of ether oxygens (including phenoxy) is 1. The largest absolute Gasteiger partial charge is 0.496 e. The summed E-state index contributed by atoms with van der Waals surface area (Å²) in [6.07, 6.45) is -4.42. The highest BCUT2D eigenvalue weighted by molar-refractivity contribution is 8.00. The van der Waals surface area contributed by atoms with Crippen LogP contribution < -0.4 is 10.1 Å². The van der Waals surface area contributed by atoms with Crippen molar-refractivity contribution in [2.45, 2.75) is 37.0 Å². The van der Waals surface area contributed by atoms with Gasteiger partial charge in [0.25, 0.3) is 0 Å². The van der Waals surface area contributed by atoms with Gasteiger partial charge in [-0.15, -0.1) is 10.2 Å². The molecule has 164 valence electrons. The first kappa shape index (κ1) is 22.7. The highest BCUT2D eigenvalue weighted by Crippen LogP contribution is 2.33. The summed E-state index contributed by atoms with van der Waals surface area (Å²) < 4.78 is 45.3. The molecule has 1 N–H and O–H groups in total. The molecule has 0 radical (unpaired) electrons. The van der Waals surface area contributed by atoms with Crippen LogP contribution in [0.4, 0.5) is 18.9 Å². The average molecular weight is 450 g/mol. The van der Waals surface area contributed by atoms with E-state index in [2.05, 4.69) is 15.5 Å². The number of carbonyl (C=O) groups excluding carboxylic acids is 1. The molecule has 31 heavy (non-hydrogen) atoms. The number of para-hydroxylation sites is 1. The van der Waals surface area contributed by atoms with Gasteiger partial charge in [0.2, 0.25) is 5.91 Å². The normalized spacial score (nSPS) is 12.5. The lowest BCUT2D eigenvalue weighted by Crippen LogP contribution is -2.23. The Morgan fingerprint density at radius 3 is 2.45 bits per heavy atom. The van der Waals surface area contributed by atoms with Crippen molar-refractivity contribution in [2.24, 2.45) is 0 Å². The number of anilines is 1. The van der Waals surface area contributed by atoms with Crippen LogP contribution in [-0.4, -0.2) is 33.0 Å². The summed E-state index contributed by atoms with van der Waals surface area (Å²) >= 11 is 1.21. The van der Waals surface area contributed by atoms with Crippen molar-refractivity contribution < 1.29 is 22.7 Å². The van der Waals surface area contributed by atoms with Gasteiger partial charge in [0.05, 0.1) is 23.5 Å². The summed E-state index contributed by atoms with van der Waals surface area (Å²) in [6, 6.07) is 11.8. The summed E-state index contributed by atoms with van der Waals surface area (Å²) in [5.41, 5.74) is 0.304. The molecular formula is C21H21F3N4O2S. The highest BCUT2D eigenvalue weighted by atomic mass is 32.2. The maximum Gasteiger partial charge on any atom is 0.416 e. The Labute approximate surface area is 181 Å². The van der Waals surface area contributed by atoms with Crippen molar-refractivity contribution >= 4 is 23.4 Å². The second-order valence-electron chi connectivity index (χ2n) is 6.58. The van der Waals surface area contributed by atoms with Crippen LogP contribution in [0.15, 0.2) is 53.7 Å². The third-order valence-corrected chi connectivity index (χ3v) is 5.59. The average Bonchev–Trinajstić information content (AvgIpc) is 3.15. The van der Waals surface area contributed by atoms with Crippen LogP contribution in [0.3, 0.4) is 0 Å². The molecule has 10 heteroatoms. The van der Waals surface area contributed by atoms with E-state index >= 15 is 0 Å². The highest BCUT2D eigenvalue weighted by Gasteiger charge is 2.30. The van der Waals surface area contributed by atoms with Crippen LogP contribution in [-0.2, 0) is 17.5 Å². The molecule has 3 aromatic rings. The standard InChI is InChI=1S/C21H21F3N4O2S/c1-4-28-18(16-7-5-6-8-17(16)30-3)26-27-20(28)31-13(2)19(29)25-15-11-9-14(10-12-15)21(22,23)24/h5-13H,4H2,1-3H3,(H,25,29). The van der Waals surface area contributed by atoms with E-state index in [1.165, 1.54) is 23.9 Å². The molecule has 3 rings (SSSR count). The number of methoxy groups -OCH3 is 1. The second-order valence-corrected chi connectivity index (χ2v) is 7.88. The number of nitrogens with zero attached hydrogens (tertiary/aromatic N) is 3. The topological polar surface area (TPSA) is 69.0 Å². The molecule has 1 heterocycles. The fourth-order valence-corrected chi connectivity index (χ4v) is 3.80. The van der Waals surface area contributed by atoms with Gasteiger partial charge in [0.15, 0.2) is 11.0 Å². The Hall–Kier alpha value is -3.01. The predicted molar refractivity (Wildman–Crippen MR) is 113 cm³/mol. The fraction of sp³-hybridized carbons (Fsp3) is 0.286. The van der Waals surface area contributed by atoms with Crippen molar-refractivity contribution in [3.8, 4) is 17.1 Å². The van der Waals surface area contributed by atoms with Crippen LogP contribution in [0.2, 0.25) is 0 Å². The van der Waals surface area contributed by atoms with E-state index < -0.39 is 17.0 Å². The van der Waals surface area contributed by atoms with Gasteiger partial charge in [-0.1, -0.05) is 23.9 Å². The summed E-state index contributed by atoms with van der Waals surface area (Å²) in [7, 11) is 1.58. The molecule has 0 saturated heterocycles. The smallest absolute Gasteiger partial charge is 0.416 e. The van der Waals surface area contributed by atoms with Crippen molar-refractivity contribution in [2.75, 3.05) is 12.4 Å². The minimum Gasteiger partial charge on any atom is -0.496 e. The minimum atomic E-state index is -4.42. The molecular weight excluding hydrogens is 429 g/mol. The number of rotatable bonds is 7. The number of nitrogens with one attached hydrogen (secondary N) is 1. The first-order valence-corrected chi connectivity index (χ1v) is 10.3. The lowest BCUT2D eigenvalue weighted by Gasteiger charge is -2.14. The van der Waals surface area contributed by atoms with Crippen LogP contribution in [0.1, 0.15) is 19.4 Å². The van der Waals surface area contributed by atoms with E-state index in [4.69, 9.17) is 4.74 Å². The molecule has 1 aromatic heterocycles. The van der Waals surface area contributed by atoms with E-state index in [1.54, 1.807) is 14.0 Å². The van der Waals surface area contributed by atoms with Gasteiger partial charge in [0.1, 0.15) is 5.75 Å². The summed E-state index contributed by atoms with van der Waals surface area (Å²) in [6.45, 7) is 4.22. The molecule has 2 aromatic carbocycles. The zero-order valence-electron chi connectivity index (χ0n) is 17.1. The van der Waals surface area contributed by atoms with Gasteiger partial charge in [-0.3, -0.25) is 4.79 Å². The first-order valence-electron chi connectivity index (χ1n) is 9.46. The van der Waals surface area contributed by atoms with E-state index in [0.29, 0.717) is 23.3 Å². The molecule has 1 unspecified atom stereocenters. The third-order valence-electron chi connectivity index (χ3n) is 4.51. The molecule has 0 fully saturated rings. The number of thioether (sulfide) groups is 1. The summed E-state index contributed by atoms with van der Waals surface area (Å²) in [5.74, 6) is 0.932. The van der Waals surface area contributed by atoms with Crippen LogP contribution in [0.25, 0.3) is 11.4 Å². The van der Waals surface area contributed by atoms with Crippen molar-refractivity contribution in [3.05, 3.63) is 54.1 Å². The van der Waals surface area contributed by atoms with Gasteiger partial charge in [0, 0.05) is 12.2 Å². The van der Waals surface area contributed by atoms with Crippen LogP contribution in [0.5, 0.6) is 5.75 Å². The molecule has 1 amide bonds. The zero-order valence-corrected chi connectivity index (χ0v) is 17.9. The van der Waals surface area contributed by atoms with E-state index in [-0.39, 0.29) is 11.6 Å². The second kappa shape index (κ2) is 9.42. The predicted octanol–water partition coefficient (Wildman–Crippen LogP) is 5.11. The molecule has 0 aliphatic carbocycles. The molecule has 1 atom stereocenters. The van der Waals surface area contributed by atoms with Gasteiger partial charge in [-0.2, -0.15) is 13.2 Å². The lowest BCUT2D eigenvalue weighted by atomic mass is 10.2. The number of hydrogen-bond donors (Lipinski definition) is 1. The Morgan fingerprint density at radius 2 is 1.84 bits per heavy atom. The fourth-order valence-electron chi connectivity index (χ4n) is 2.89. The number of alkyl halides is 3. The maximum atomic E-state index is 12.7. The quantitative estimate of drug-likeness (QED) is 0.507. The number of amides is 1. The van der Waals surface area contributed by atoms with Gasteiger partial charge in [-0.25, -0.2) is 0 Å². The molecule has 0 aliphatic heterocycles. The monoisotopic (exact) mass is 450 g/mol. The van der Waals surface area contributed by atoms with E-state index in [9.17, 15) is 18.0 Å². The number of aromatic nitrogens is 3. The van der Waals surface area contributed by atoms with E-state index in [1.807, 2.05) is 35.8 Å². The van der Waals surface area contributed by atoms with Crippen LogP contribution >= 0.6 is 11.8 Å². The molecule has 6 nitrogen and oxygen atoms in total.